The fourth-order valence-electron chi connectivity index (χ4n) is 2.94. The molecule has 0 spiro atoms. The van der Waals surface area contributed by atoms with Crippen molar-refractivity contribution in [3.63, 3.8) is 0 Å². The van der Waals surface area contributed by atoms with Crippen LogP contribution in [0, 0.1) is 13.8 Å². The van der Waals surface area contributed by atoms with Crippen LogP contribution in [-0.4, -0.2) is 22.9 Å². The van der Waals surface area contributed by atoms with Gasteiger partial charge >= 0.3 is 0 Å². The molecule has 1 aliphatic rings. The number of ether oxygens (including phenoxy) is 1. The fourth-order valence-corrected chi connectivity index (χ4v) is 3.27. The van der Waals surface area contributed by atoms with E-state index in [1.807, 2.05) is 16.9 Å². The lowest BCUT2D eigenvalue weighted by molar-refractivity contribution is 0.315. The lowest BCUT2D eigenvalue weighted by atomic mass is 10.00. The van der Waals surface area contributed by atoms with Gasteiger partial charge in [0.05, 0.1) is 24.4 Å². The van der Waals surface area contributed by atoms with Crippen LogP contribution in [0.1, 0.15) is 35.6 Å². The Morgan fingerprint density at radius 2 is 2.23 bits per heavy atom. The molecule has 2 aromatic rings. The first-order valence-corrected chi connectivity index (χ1v) is 8.16. The Balaban J connectivity index is 1.71. The second kappa shape index (κ2) is 6.71. The Hall–Kier alpha value is -1.52. The molecule has 3 rings (SSSR count). The summed E-state index contributed by atoms with van der Waals surface area (Å²) in [5.41, 5.74) is 3.54. The number of benzene rings is 1. The minimum atomic E-state index is 0.284. The van der Waals surface area contributed by atoms with Crippen LogP contribution >= 0.6 is 11.6 Å². The van der Waals surface area contributed by atoms with Crippen molar-refractivity contribution in [3.8, 4) is 5.75 Å². The molecule has 1 atom stereocenters. The molecule has 0 radical (unpaired) electrons. The van der Waals surface area contributed by atoms with Crippen molar-refractivity contribution in [2.24, 2.45) is 0 Å². The maximum Gasteiger partial charge on any atom is 0.142 e. The molecule has 0 bridgehead atoms. The van der Waals surface area contributed by atoms with E-state index in [4.69, 9.17) is 16.3 Å². The highest BCUT2D eigenvalue weighted by Gasteiger charge is 2.21. The summed E-state index contributed by atoms with van der Waals surface area (Å²) < 4.78 is 7.81. The smallest absolute Gasteiger partial charge is 0.142 e. The number of fused-ring (bicyclic) bond motifs is 1. The largest absolute Gasteiger partial charge is 0.492 e. The molecule has 0 saturated heterocycles. The molecule has 0 amide bonds. The van der Waals surface area contributed by atoms with Gasteiger partial charge in [0.25, 0.3) is 0 Å². The van der Waals surface area contributed by atoms with E-state index in [2.05, 4.69) is 36.5 Å². The summed E-state index contributed by atoms with van der Waals surface area (Å²) in [6, 6.07) is 4.43. The van der Waals surface area contributed by atoms with Crippen molar-refractivity contribution in [2.45, 2.75) is 39.3 Å². The van der Waals surface area contributed by atoms with Crippen LogP contribution in [0.25, 0.3) is 0 Å². The predicted molar refractivity (Wildman–Crippen MR) is 88.6 cm³/mol. The minimum absolute atomic E-state index is 0.284. The molecule has 0 fully saturated rings. The van der Waals surface area contributed by atoms with E-state index in [1.54, 1.807) is 0 Å². The van der Waals surface area contributed by atoms with Gasteiger partial charge in [0.15, 0.2) is 0 Å². The number of hydrogen-bond acceptors (Lipinski definition) is 3. The van der Waals surface area contributed by atoms with E-state index in [1.165, 1.54) is 16.7 Å². The van der Waals surface area contributed by atoms with Gasteiger partial charge in [0.2, 0.25) is 0 Å². The molecule has 2 heterocycles. The maximum absolute atomic E-state index is 6.35. The second-order valence-electron chi connectivity index (χ2n) is 5.94. The first-order valence-electron chi connectivity index (χ1n) is 7.79. The normalized spacial score (nSPS) is 17.7. The number of aryl methyl sites for hydroxylation is 2. The van der Waals surface area contributed by atoms with E-state index in [-0.39, 0.29) is 6.04 Å². The van der Waals surface area contributed by atoms with Gasteiger partial charge in [-0.25, -0.2) is 0 Å². The Kier molecular flexibility index (Phi) is 4.69. The molecule has 5 heteroatoms. The second-order valence-corrected chi connectivity index (χ2v) is 6.35. The number of nitrogens with zero attached hydrogens (tertiary/aromatic N) is 2. The molecule has 0 aliphatic carbocycles. The molecule has 1 aromatic carbocycles. The molecular formula is C17H22ClN3O. The molecule has 4 nitrogen and oxygen atoms in total. The van der Waals surface area contributed by atoms with E-state index < -0.39 is 0 Å². The highest BCUT2D eigenvalue weighted by atomic mass is 35.5. The van der Waals surface area contributed by atoms with Crippen molar-refractivity contribution < 1.29 is 4.74 Å². The van der Waals surface area contributed by atoms with Crippen LogP contribution in [0.2, 0.25) is 5.02 Å². The highest BCUT2D eigenvalue weighted by Crippen LogP contribution is 2.37. The van der Waals surface area contributed by atoms with Crippen LogP contribution in [0.15, 0.2) is 24.5 Å². The predicted octanol–water partition coefficient (Wildman–Crippen LogP) is 3.66. The summed E-state index contributed by atoms with van der Waals surface area (Å²) in [6.45, 7) is 6.59. The molecule has 0 saturated carbocycles. The van der Waals surface area contributed by atoms with Gasteiger partial charge in [-0.05, 0) is 43.9 Å². The van der Waals surface area contributed by atoms with Gasteiger partial charge in [0, 0.05) is 24.3 Å². The third-order valence-corrected chi connectivity index (χ3v) is 4.25. The van der Waals surface area contributed by atoms with Gasteiger partial charge < -0.3 is 10.1 Å². The Labute approximate surface area is 136 Å². The lowest BCUT2D eigenvalue weighted by Gasteiger charge is -2.19. The Morgan fingerprint density at radius 3 is 3.00 bits per heavy atom. The SMILES string of the molecule is Cc1cc(Cl)c2c(c1)[C@@H](NCCn1cc(C)cn1)CCCO2. The van der Waals surface area contributed by atoms with Gasteiger partial charge in [-0.15, -0.1) is 0 Å². The first kappa shape index (κ1) is 15.4. The third kappa shape index (κ3) is 3.45. The average Bonchev–Trinajstić information content (AvgIpc) is 2.77. The monoisotopic (exact) mass is 319 g/mol. The third-order valence-electron chi connectivity index (χ3n) is 3.97. The standard InChI is InChI=1S/C17H22ClN3O/c1-12-8-14-16(4-3-7-22-17(14)15(18)9-12)19-5-6-21-11-13(2)10-20-21/h8-11,16,19H,3-7H2,1-2H3/t16-/m0/s1. The lowest BCUT2D eigenvalue weighted by Crippen LogP contribution is -2.25. The van der Waals surface area contributed by atoms with Crippen molar-refractivity contribution >= 4 is 11.6 Å². The van der Waals surface area contributed by atoms with Crippen molar-refractivity contribution in [1.82, 2.24) is 15.1 Å². The summed E-state index contributed by atoms with van der Waals surface area (Å²) in [7, 11) is 0. The summed E-state index contributed by atoms with van der Waals surface area (Å²) in [4.78, 5) is 0. The zero-order chi connectivity index (χ0) is 15.5. The van der Waals surface area contributed by atoms with Crippen LogP contribution in [-0.2, 0) is 6.54 Å². The van der Waals surface area contributed by atoms with Crippen LogP contribution in [0.4, 0.5) is 0 Å². The van der Waals surface area contributed by atoms with E-state index in [9.17, 15) is 0 Å². The number of aromatic nitrogens is 2. The van der Waals surface area contributed by atoms with Gasteiger partial charge in [0.1, 0.15) is 5.75 Å². The number of halogens is 1. The molecule has 118 valence electrons. The zero-order valence-corrected chi connectivity index (χ0v) is 13.9. The van der Waals surface area contributed by atoms with Crippen molar-refractivity contribution in [1.29, 1.82) is 0 Å². The average molecular weight is 320 g/mol. The molecule has 22 heavy (non-hydrogen) atoms. The van der Waals surface area contributed by atoms with Crippen LogP contribution < -0.4 is 10.1 Å². The number of hydrogen-bond donors (Lipinski definition) is 1. The Bertz CT molecular complexity index is 653. The summed E-state index contributed by atoms with van der Waals surface area (Å²) in [6.07, 6.45) is 6.04. The quantitative estimate of drug-likeness (QED) is 0.934. The Morgan fingerprint density at radius 1 is 1.36 bits per heavy atom. The molecule has 0 unspecified atom stereocenters. The maximum atomic E-state index is 6.35. The molecular weight excluding hydrogens is 298 g/mol. The van der Waals surface area contributed by atoms with Crippen molar-refractivity contribution in [3.05, 3.63) is 46.2 Å². The molecule has 1 N–H and O–H groups in total. The highest BCUT2D eigenvalue weighted by molar-refractivity contribution is 6.32. The number of nitrogens with one attached hydrogen (secondary N) is 1. The van der Waals surface area contributed by atoms with E-state index in [0.29, 0.717) is 5.02 Å². The van der Waals surface area contributed by atoms with Gasteiger partial charge in [-0.2, -0.15) is 5.10 Å². The number of rotatable bonds is 4. The first-order chi connectivity index (χ1) is 10.6. The summed E-state index contributed by atoms with van der Waals surface area (Å²) >= 11 is 6.35. The summed E-state index contributed by atoms with van der Waals surface area (Å²) in [5.74, 6) is 0.845. The van der Waals surface area contributed by atoms with Crippen LogP contribution in [0.5, 0.6) is 5.75 Å². The molecule has 1 aliphatic heterocycles. The zero-order valence-electron chi connectivity index (χ0n) is 13.1. The minimum Gasteiger partial charge on any atom is -0.492 e. The van der Waals surface area contributed by atoms with Gasteiger partial charge in [-0.3, -0.25) is 4.68 Å². The van der Waals surface area contributed by atoms with Gasteiger partial charge in [-0.1, -0.05) is 17.7 Å². The van der Waals surface area contributed by atoms with Crippen molar-refractivity contribution in [2.75, 3.05) is 13.2 Å². The topological polar surface area (TPSA) is 39.1 Å². The van der Waals surface area contributed by atoms with E-state index in [0.717, 1.165) is 38.3 Å². The summed E-state index contributed by atoms with van der Waals surface area (Å²) in [5, 5.41) is 8.67. The molecule has 1 aromatic heterocycles. The fraction of sp³-hybridized carbons (Fsp3) is 0.471. The van der Waals surface area contributed by atoms with Crippen LogP contribution in [0.3, 0.4) is 0 Å². The van der Waals surface area contributed by atoms with E-state index >= 15 is 0 Å².